The van der Waals surface area contributed by atoms with Gasteiger partial charge in [-0.3, -0.25) is 9.80 Å². The van der Waals surface area contributed by atoms with Gasteiger partial charge in [-0.25, -0.2) is 24.1 Å². The van der Waals surface area contributed by atoms with Gasteiger partial charge in [0.2, 0.25) is 5.91 Å². The maximum atomic E-state index is 13.1. The Bertz CT molecular complexity index is 820. The Labute approximate surface area is 177 Å². The van der Waals surface area contributed by atoms with Gasteiger partial charge in [0, 0.05) is 26.2 Å². The number of aryl methyl sites for hydroxylation is 1. The molecule has 166 valence electrons. The average molecular weight is 421 g/mol. The third kappa shape index (κ3) is 4.58. The summed E-state index contributed by atoms with van der Waals surface area (Å²) in [5.74, 6) is 0.471. The summed E-state index contributed by atoms with van der Waals surface area (Å²) in [7, 11) is 0. The molecule has 10 heteroatoms. The van der Waals surface area contributed by atoms with E-state index in [9.17, 15) is 14.4 Å². The highest BCUT2D eigenvalue weighted by Gasteiger charge is 2.37. The van der Waals surface area contributed by atoms with Crippen molar-refractivity contribution in [3.05, 3.63) is 17.7 Å². The number of rotatable bonds is 4. The van der Waals surface area contributed by atoms with Crippen molar-refractivity contribution >= 4 is 18.0 Å². The molecule has 2 aliphatic rings. The number of nitrogens with one attached hydrogen (secondary N) is 1. The quantitative estimate of drug-likeness (QED) is 0.794. The van der Waals surface area contributed by atoms with E-state index in [1.807, 2.05) is 25.8 Å². The van der Waals surface area contributed by atoms with Crippen LogP contribution in [0.5, 0.6) is 0 Å². The van der Waals surface area contributed by atoms with E-state index < -0.39 is 17.7 Å². The molecule has 0 spiro atoms. The van der Waals surface area contributed by atoms with Crippen LogP contribution in [0.15, 0.2) is 6.20 Å². The topological polar surface area (TPSA) is 100 Å². The third-order valence-electron chi connectivity index (χ3n) is 5.25. The summed E-state index contributed by atoms with van der Waals surface area (Å²) in [6.07, 6.45) is 1.13. The number of carbonyl (C=O) groups is 3. The fraction of sp³-hybridized carbons (Fsp3) is 0.700. The molecule has 0 saturated carbocycles. The normalized spacial score (nSPS) is 18.6. The minimum atomic E-state index is -0.658. The highest BCUT2D eigenvalue weighted by Crippen LogP contribution is 2.21. The van der Waals surface area contributed by atoms with E-state index in [0.717, 1.165) is 5.69 Å². The Morgan fingerprint density at radius 2 is 1.80 bits per heavy atom. The number of amides is 3. The van der Waals surface area contributed by atoms with Crippen molar-refractivity contribution in [2.75, 3.05) is 26.2 Å². The molecule has 1 fully saturated rings. The predicted octanol–water partition coefficient (Wildman–Crippen LogP) is 1.58. The molecule has 0 aliphatic carbocycles. The van der Waals surface area contributed by atoms with E-state index >= 15 is 0 Å². The molecular weight excluding hydrogens is 388 g/mol. The predicted molar refractivity (Wildman–Crippen MR) is 109 cm³/mol. The Morgan fingerprint density at radius 3 is 2.33 bits per heavy atom. The van der Waals surface area contributed by atoms with Gasteiger partial charge in [-0.05, 0) is 33.6 Å². The van der Waals surface area contributed by atoms with Gasteiger partial charge < -0.3 is 15.0 Å². The fourth-order valence-electron chi connectivity index (χ4n) is 3.72. The zero-order valence-electron chi connectivity index (χ0n) is 18.6. The lowest BCUT2D eigenvalue weighted by Gasteiger charge is -2.40. The largest absolute Gasteiger partial charge is 0.444 e. The number of piperazine rings is 1. The van der Waals surface area contributed by atoms with Crippen molar-refractivity contribution < 1.29 is 19.1 Å². The maximum absolute atomic E-state index is 13.1. The van der Waals surface area contributed by atoms with E-state index in [2.05, 4.69) is 10.3 Å². The van der Waals surface area contributed by atoms with Crippen molar-refractivity contribution in [2.24, 2.45) is 5.92 Å². The fourth-order valence-corrected chi connectivity index (χ4v) is 3.72. The van der Waals surface area contributed by atoms with E-state index in [1.54, 1.807) is 41.4 Å². The molecule has 1 N–H and O–H groups in total. The molecule has 1 saturated heterocycles. The van der Waals surface area contributed by atoms with Gasteiger partial charge in [0.05, 0.1) is 18.4 Å². The van der Waals surface area contributed by atoms with Crippen LogP contribution >= 0.6 is 0 Å². The first kappa shape index (κ1) is 22.1. The number of nitrogens with zero attached hydrogens (tertiary/aromatic N) is 5. The lowest BCUT2D eigenvalue weighted by atomic mass is 10.0. The highest BCUT2D eigenvalue weighted by molar-refractivity contribution is 5.86. The third-order valence-corrected chi connectivity index (χ3v) is 5.25. The second-order valence-corrected chi connectivity index (χ2v) is 9.12. The molecule has 0 bridgehead atoms. The summed E-state index contributed by atoms with van der Waals surface area (Å²) in [5.41, 5.74) is 0.243. The van der Waals surface area contributed by atoms with Crippen LogP contribution in [0.1, 0.15) is 46.1 Å². The Morgan fingerprint density at radius 1 is 1.17 bits per heavy atom. The lowest BCUT2D eigenvalue weighted by molar-refractivity contribution is -0.138. The van der Waals surface area contributed by atoms with Crippen LogP contribution < -0.4 is 5.32 Å². The van der Waals surface area contributed by atoms with Crippen molar-refractivity contribution in [1.29, 1.82) is 0 Å². The molecule has 0 unspecified atom stereocenters. The van der Waals surface area contributed by atoms with Gasteiger partial charge >= 0.3 is 12.1 Å². The van der Waals surface area contributed by atoms with E-state index in [-0.39, 0.29) is 17.9 Å². The zero-order valence-corrected chi connectivity index (χ0v) is 18.6. The van der Waals surface area contributed by atoms with E-state index in [0.29, 0.717) is 38.5 Å². The second kappa shape index (κ2) is 8.25. The summed E-state index contributed by atoms with van der Waals surface area (Å²) < 4.78 is 6.93. The summed E-state index contributed by atoms with van der Waals surface area (Å²) in [5, 5.41) is 6.41. The number of aromatic nitrogens is 2. The molecule has 3 rings (SSSR count). The average Bonchev–Trinajstić information content (AvgIpc) is 3.18. The molecule has 30 heavy (non-hydrogen) atoms. The molecule has 10 nitrogen and oxygen atoms in total. The second-order valence-electron chi connectivity index (χ2n) is 9.12. The number of hydrogen-bond acceptors (Lipinski definition) is 6. The Hall–Kier alpha value is -2.62. The number of fused-ring (bicyclic) bond motifs is 1. The number of alkyl carbamates (subject to hydrolysis) is 1. The number of imidazole rings is 1. The van der Waals surface area contributed by atoms with Gasteiger partial charge in [0.25, 0.3) is 0 Å². The molecule has 3 amide bonds. The van der Waals surface area contributed by atoms with Crippen LogP contribution in [0.2, 0.25) is 0 Å². The molecule has 2 aliphatic heterocycles. The monoisotopic (exact) mass is 420 g/mol. The van der Waals surface area contributed by atoms with Crippen molar-refractivity contribution in [3.63, 3.8) is 0 Å². The van der Waals surface area contributed by atoms with Gasteiger partial charge in [-0.2, -0.15) is 0 Å². The summed E-state index contributed by atoms with van der Waals surface area (Å²) in [6, 6.07) is -0.763. The van der Waals surface area contributed by atoms with Gasteiger partial charge in [-0.15, -0.1) is 0 Å². The number of ether oxygens (including phenoxy) is 1. The van der Waals surface area contributed by atoms with Gasteiger partial charge in [0.1, 0.15) is 17.5 Å². The number of hydrogen-bond donors (Lipinski definition) is 1. The van der Waals surface area contributed by atoms with Crippen LogP contribution in [-0.2, 0) is 16.1 Å². The molecule has 0 radical (unpaired) electrons. The van der Waals surface area contributed by atoms with Crippen LogP contribution in [-0.4, -0.2) is 80.3 Å². The maximum Gasteiger partial charge on any atom is 0.408 e. The minimum absolute atomic E-state index is 0.0791. The van der Waals surface area contributed by atoms with Crippen LogP contribution in [0.4, 0.5) is 9.59 Å². The van der Waals surface area contributed by atoms with Gasteiger partial charge in [-0.1, -0.05) is 13.8 Å². The first-order valence-corrected chi connectivity index (χ1v) is 10.4. The first-order valence-electron chi connectivity index (χ1n) is 10.4. The Balaban J connectivity index is 1.57. The number of carbonyl (C=O) groups excluding carboxylic acids is 3. The smallest absolute Gasteiger partial charge is 0.408 e. The minimum Gasteiger partial charge on any atom is -0.444 e. The standard InChI is InChI=1S/C20H32N6O4/c1-13(2)16(22-18(28)30-20(4,5)6)17(27)23-7-9-24(10-8-23)25-12-15-11-21-14(3)26(15)19(25)29/h11,13,16H,7-10,12H2,1-6H3,(H,22,28)/t16-/m1/s1. The molecular formula is C20H32N6O4. The summed E-state index contributed by atoms with van der Waals surface area (Å²) in [6.45, 7) is 13.5. The highest BCUT2D eigenvalue weighted by atomic mass is 16.6. The van der Waals surface area contributed by atoms with E-state index in [4.69, 9.17) is 4.74 Å². The summed E-state index contributed by atoms with van der Waals surface area (Å²) >= 11 is 0. The van der Waals surface area contributed by atoms with Crippen LogP contribution in [0.3, 0.4) is 0 Å². The molecule has 1 aromatic heterocycles. The number of hydrazine groups is 1. The molecule has 0 aromatic carbocycles. The molecule has 1 atom stereocenters. The lowest BCUT2D eigenvalue weighted by Crippen LogP contribution is -2.59. The van der Waals surface area contributed by atoms with E-state index in [1.165, 1.54) is 0 Å². The first-order chi connectivity index (χ1) is 14.0. The molecule has 3 heterocycles. The Kier molecular flexibility index (Phi) is 6.07. The summed E-state index contributed by atoms with van der Waals surface area (Å²) in [4.78, 5) is 43.8. The van der Waals surface area contributed by atoms with Gasteiger partial charge in [0.15, 0.2) is 0 Å². The van der Waals surface area contributed by atoms with Crippen LogP contribution in [0, 0.1) is 12.8 Å². The SMILES string of the molecule is Cc1ncc2n1C(=O)N(N1CCN(C(=O)[C@H](NC(=O)OC(C)(C)C)C(C)C)CC1)C2. The van der Waals surface area contributed by atoms with Crippen molar-refractivity contribution in [3.8, 4) is 0 Å². The molecule has 1 aromatic rings. The van der Waals surface area contributed by atoms with Crippen molar-refractivity contribution in [1.82, 2.24) is 29.8 Å². The zero-order chi connectivity index (χ0) is 22.2. The van der Waals surface area contributed by atoms with Crippen LogP contribution in [0.25, 0.3) is 0 Å². The van der Waals surface area contributed by atoms with Crippen molar-refractivity contribution in [2.45, 2.75) is 59.7 Å².